The average molecular weight is 229 g/mol. The molecule has 0 fully saturated rings. The van der Waals surface area contributed by atoms with Crippen LogP contribution in [0.1, 0.15) is 11.6 Å². The fraction of sp³-hybridized carbons (Fsp3) is 0.286. The molecule has 1 aromatic rings. The Kier molecular flexibility index (Phi) is 5.13. The lowest BCUT2D eigenvalue weighted by atomic mass is 10.1. The lowest BCUT2D eigenvalue weighted by Gasteiger charge is -2.11. The molecule has 0 saturated heterocycles. The van der Waals surface area contributed by atoms with Gasteiger partial charge in [0.15, 0.2) is 0 Å². The Morgan fingerprint density at radius 3 is 2.54 bits per heavy atom. The van der Waals surface area contributed by atoms with Crippen molar-refractivity contribution in [2.45, 2.75) is 12.5 Å². The number of aromatic nitrogens is 1. The van der Waals surface area contributed by atoms with Crippen molar-refractivity contribution in [3.8, 4) is 0 Å². The van der Waals surface area contributed by atoms with E-state index in [2.05, 4.69) is 4.98 Å². The van der Waals surface area contributed by atoms with Gasteiger partial charge in [-0.05, 0) is 11.6 Å². The molecule has 0 aliphatic heterocycles. The molecule has 1 atom stereocenters. The second-order valence-corrected chi connectivity index (χ2v) is 2.66. The SMILES string of the molecule is Cl.N[C@@H](c1ccncc1Cl)C(F)F. The van der Waals surface area contributed by atoms with E-state index in [1.165, 1.54) is 18.5 Å². The highest BCUT2D eigenvalue weighted by Crippen LogP contribution is 2.23. The van der Waals surface area contributed by atoms with Crippen LogP contribution in [0.2, 0.25) is 5.02 Å². The Bertz CT molecular complexity index is 270. The number of hydrogen-bond donors (Lipinski definition) is 1. The van der Waals surface area contributed by atoms with Crippen molar-refractivity contribution in [1.82, 2.24) is 4.98 Å². The second-order valence-electron chi connectivity index (χ2n) is 2.26. The van der Waals surface area contributed by atoms with Gasteiger partial charge in [0.2, 0.25) is 0 Å². The summed E-state index contributed by atoms with van der Waals surface area (Å²) in [6.45, 7) is 0. The van der Waals surface area contributed by atoms with Gasteiger partial charge in [-0.25, -0.2) is 8.78 Å². The molecule has 1 aromatic heterocycles. The third-order valence-corrected chi connectivity index (χ3v) is 1.75. The molecule has 0 radical (unpaired) electrons. The zero-order valence-electron chi connectivity index (χ0n) is 6.45. The summed E-state index contributed by atoms with van der Waals surface area (Å²) in [5.74, 6) is 0. The van der Waals surface area contributed by atoms with E-state index in [9.17, 15) is 8.78 Å². The molecule has 0 saturated carbocycles. The topological polar surface area (TPSA) is 38.9 Å². The molecule has 6 heteroatoms. The Balaban J connectivity index is 0.00000144. The summed E-state index contributed by atoms with van der Waals surface area (Å²) >= 11 is 5.59. The maximum Gasteiger partial charge on any atom is 0.257 e. The van der Waals surface area contributed by atoms with Gasteiger partial charge in [0.05, 0.1) is 11.1 Å². The number of nitrogens with zero attached hydrogens (tertiary/aromatic N) is 1. The minimum Gasteiger partial charge on any atom is -0.319 e. The first-order chi connectivity index (χ1) is 5.63. The first-order valence-corrected chi connectivity index (χ1v) is 3.64. The van der Waals surface area contributed by atoms with Crippen molar-refractivity contribution in [2.24, 2.45) is 5.73 Å². The summed E-state index contributed by atoms with van der Waals surface area (Å²) in [4.78, 5) is 3.65. The maximum absolute atomic E-state index is 12.1. The van der Waals surface area contributed by atoms with Crippen LogP contribution in [0, 0.1) is 0 Å². The smallest absolute Gasteiger partial charge is 0.257 e. The zero-order chi connectivity index (χ0) is 9.14. The van der Waals surface area contributed by atoms with E-state index >= 15 is 0 Å². The summed E-state index contributed by atoms with van der Waals surface area (Å²) in [5, 5.41) is 0.172. The molecule has 2 N–H and O–H groups in total. The van der Waals surface area contributed by atoms with Crippen LogP contribution in [0.4, 0.5) is 8.78 Å². The van der Waals surface area contributed by atoms with Crippen molar-refractivity contribution >= 4 is 24.0 Å². The van der Waals surface area contributed by atoms with Gasteiger partial charge in [0.1, 0.15) is 0 Å². The Hall–Kier alpha value is -0.450. The van der Waals surface area contributed by atoms with Crippen LogP contribution in [0.25, 0.3) is 0 Å². The number of hydrogen-bond acceptors (Lipinski definition) is 2. The lowest BCUT2D eigenvalue weighted by molar-refractivity contribution is 0.116. The Morgan fingerprint density at radius 2 is 2.08 bits per heavy atom. The van der Waals surface area contributed by atoms with Crippen LogP contribution in [0.3, 0.4) is 0 Å². The molecule has 1 rings (SSSR count). The highest BCUT2D eigenvalue weighted by Gasteiger charge is 2.19. The van der Waals surface area contributed by atoms with Gasteiger partial charge in [-0.3, -0.25) is 4.98 Å². The van der Waals surface area contributed by atoms with Crippen LogP contribution < -0.4 is 5.73 Å². The molecule has 74 valence electrons. The van der Waals surface area contributed by atoms with E-state index in [4.69, 9.17) is 17.3 Å². The van der Waals surface area contributed by atoms with E-state index in [0.717, 1.165) is 0 Å². The number of halogens is 4. The molecule has 0 unspecified atom stereocenters. The monoisotopic (exact) mass is 228 g/mol. The van der Waals surface area contributed by atoms with Crippen molar-refractivity contribution in [2.75, 3.05) is 0 Å². The van der Waals surface area contributed by atoms with Gasteiger partial charge in [-0.1, -0.05) is 11.6 Å². The highest BCUT2D eigenvalue weighted by molar-refractivity contribution is 6.31. The second kappa shape index (κ2) is 5.32. The van der Waals surface area contributed by atoms with E-state index in [-0.39, 0.29) is 23.0 Å². The lowest BCUT2D eigenvalue weighted by Crippen LogP contribution is -2.19. The zero-order valence-corrected chi connectivity index (χ0v) is 8.03. The molecule has 0 amide bonds. The third-order valence-electron chi connectivity index (χ3n) is 1.43. The van der Waals surface area contributed by atoms with E-state index in [1.807, 2.05) is 0 Å². The molecule has 0 spiro atoms. The van der Waals surface area contributed by atoms with Gasteiger partial charge >= 0.3 is 0 Å². The van der Waals surface area contributed by atoms with E-state index in [1.54, 1.807) is 0 Å². The summed E-state index contributed by atoms with van der Waals surface area (Å²) < 4.78 is 24.2. The fourth-order valence-electron chi connectivity index (χ4n) is 0.792. The molecule has 1 heterocycles. The molecule has 13 heavy (non-hydrogen) atoms. The largest absolute Gasteiger partial charge is 0.319 e. The average Bonchev–Trinajstić information content (AvgIpc) is 2.04. The van der Waals surface area contributed by atoms with Crippen LogP contribution in [0.15, 0.2) is 18.5 Å². The van der Waals surface area contributed by atoms with Gasteiger partial charge in [0.25, 0.3) is 6.43 Å². The van der Waals surface area contributed by atoms with E-state index < -0.39 is 12.5 Å². The van der Waals surface area contributed by atoms with Crippen LogP contribution in [-0.4, -0.2) is 11.4 Å². The molecule has 2 nitrogen and oxygen atoms in total. The first-order valence-electron chi connectivity index (χ1n) is 3.26. The van der Waals surface area contributed by atoms with Crippen LogP contribution >= 0.6 is 24.0 Å². The summed E-state index contributed by atoms with van der Waals surface area (Å²) in [5.41, 5.74) is 5.40. The standard InChI is InChI=1S/C7H7ClF2N2.ClH/c8-5-3-12-2-1-4(5)6(11)7(9)10;/h1-3,6-7H,11H2;1H/t6-;/m0./s1. The van der Waals surface area contributed by atoms with Gasteiger partial charge in [0, 0.05) is 12.4 Å². The van der Waals surface area contributed by atoms with Crippen LogP contribution in [-0.2, 0) is 0 Å². The number of rotatable bonds is 2. The normalized spacial score (nSPS) is 12.4. The maximum atomic E-state index is 12.1. The van der Waals surface area contributed by atoms with E-state index in [0.29, 0.717) is 0 Å². The summed E-state index contributed by atoms with van der Waals surface area (Å²) in [6, 6.07) is 0.0552. The van der Waals surface area contributed by atoms with Crippen LogP contribution in [0.5, 0.6) is 0 Å². The van der Waals surface area contributed by atoms with Gasteiger partial charge in [-0.15, -0.1) is 12.4 Å². The minimum atomic E-state index is -2.61. The van der Waals surface area contributed by atoms with Gasteiger partial charge < -0.3 is 5.73 Å². The van der Waals surface area contributed by atoms with Crippen molar-refractivity contribution in [3.63, 3.8) is 0 Å². The summed E-state index contributed by atoms with van der Waals surface area (Å²) in [6.07, 6.45) is 0.0627. The summed E-state index contributed by atoms with van der Waals surface area (Å²) in [7, 11) is 0. The molecule has 0 aromatic carbocycles. The number of nitrogens with two attached hydrogens (primary N) is 1. The molecule has 0 bridgehead atoms. The molecule has 0 aliphatic rings. The first kappa shape index (κ1) is 12.6. The van der Waals surface area contributed by atoms with Crippen molar-refractivity contribution < 1.29 is 8.78 Å². The third kappa shape index (κ3) is 3.06. The number of pyridine rings is 1. The predicted octanol–water partition coefficient (Wildman–Crippen LogP) is 2.42. The Labute approximate surface area is 85.5 Å². The number of alkyl halides is 2. The minimum absolute atomic E-state index is 0. The predicted molar refractivity (Wildman–Crippen MR) is 49.4 cm³/mol. The quantitative estimate of drug-likeness (QED) is 0.845. The molecular formula is C7H8Cl2F2N2. The molecular weight excluding hydrogens is 221 g/mol. The van der Waals surface area contributed by atoms with Crippen molar-refractivity contribution in [1.29, 1.82) is 0 Å². The Morgan fingerprint density at radius 1 is 1.46 bits per heavy atom. The highest BCUT2D eigenvalue weighted by atomic mass is 35.5. The van der Waals surface area contributed by atoms with Gasteiger partial charge in [-0.2, -0.15) is 0 Å². The van der Waals surface area contributed by atoms with Crippen molar-refractivity contribution in [3.05, 3.63) is 29.0 Å². The molecule has 0 aliphatic carbocycles. The fourth-order valence-corrected chi connectivity index (χ4v) is 1.04.